The second kappa shape index (κ2) is 9.92. The third-order valence-corrected chi connectivity index (χ3v) is 7.96. The van der Waals surface area contributed by atoms with Gasteiger partial charge in [0.2, 0.25) is 5.91 Å². The number of benzene rings is 2. The average Bonchev–Trinajstić information content (AvgIpc) is 3.57. The number of amides is 2. The van der Waals surface area contributed by atoms with Crippen molar-refractivity contribution in [1.29, 1.82) is 0 Å². The summed E-state index contributed by atoms with van der Waals surface area (Å²) < 4.78 is 6.98. The molecule has 1 unspecified atom stereocenters. The normalized spacial score (nSPS) is 17.2. The van der Waals surface area contributed by atoms with Crippen LogP contribution in [-0.2, 0) is 11.2 Å². The first-order valence-corrected chi connectivity index (χ1v) is 13.3. The van der Waals surface area contributed by atoms with Crippen molar-refractivity contribution in [3.05, 3.63) is 86.0 Å². The molecule has 2 heterocycles. The minimum absolute atomic E-state index is 0.0235. The fourth-order valence-electron chi connectivity index (χ4n) is 4.46. The molecule has 34 heavy (non-hydrogen) atoms. The SMILES string of the molecule is Cc1ccc(OCC2c3ccsc3CCN2C(=O)CN(C(=O)c2cccc(Br)c2)C2CC2)cc1. The van der Waals surface area contributed by atoms with Crippen LogP contribution in [0, 0.1) is 6.92 Å². The molecule has 1 aliphatic heterocycles. The molecular weight excluding hydrogens is 512 g/mol. The van der Waals surface area contributed by atoms with Crippen LogP contribution < -0.4 is 4.74 Å². The van der Waals surface area contributed by atoms with Crippen LogP contribution >= 0.6 is 27.3 Å². The fraction of sp³-hybridized carbons (Fsp3) is 0.333. The van der Waals surface area contributed by atoms with E-state index >= 15 is 0 Å². The maximum absolute atomic E-state index is 13.6. The van der Waals surface area contributed by atoms with Crippen LogP contribution in [0.4, 0.5) is 0 Å². The molecule has 7 heteroatoms. The van der Waals surface area contributed by atoms with E-state index in [9.17, 15) is 9.59 Å². The molecule has 1 atom stereocenters. The van der Waals surface area contributed by atoms with Crippen LogP contribution in [-0.4, -0.2) is 47.4 Å². The van der Waals surface area contributed by atoms with Crippen LogP contribution in [0.25, 0.3) is 0 Å². The number of carbonyl (C=O) groups is 2. The number of fused-ring (bicyclic) bond motifs is 1. The molecule has 1 aliphatic carbocycles. The number of hydrogen-bond acceptors (Lipinski definition) is 4. The zero-order valence-corrected chi connectivity index (χ0v) is 21.5. The first-order chi connectivity index (χ1) is 16.5. The monoisotopic (exact) mass is 538 g/mol. The Labute approximate surface area is 212 Å². The van der Waals surface area contributed by atoms with E-state index in [4.69, 9.17) is 4.74 Å². The molecule has 2 aliphatic rings. The lowest BCUT2D eigenvalue weighted by Gasteiger charge is -2.37. The molecule has 0 bridgehead atoms. The number of nitrogens with zero attached hydrogens (tertiary/aromatic N) is 2. The average molecular weight is 539 g/mol. The molecule has 3 aromatic rings. The highest BCUT2D eigenvalue weighted by atomic mass is 79.9. The standard InChI is InChI=1S/C27H27BrN2O3S/c1-18-5-9-22(10-6-18)33-17-24-23-12-14-34-25(23)11-13-29(24)26(31)16-30(21-7-8-21)27(32)19-3-2-4-20(28)15-19/h2-6,9-10,12,14-15,21,24H,7-8,11,13,16-17H2,1H3. The lowest BCUT2D eigenvalue weighted by atomic mass is 10.0. The van der Waals surface area contributed by atoms with Gasteiger partial charge in [0.25, 0.3) is 5.91 Å². The van der Waals surface area contributed by atoms with E-state index in [1.54, 1.807) is 16.2 Å². The summed E-state index contributed by atoms with van der Waals surface area (Å²) in [4.78, 5) is 31.9. The highest BCUT2D eigenvalue weighted by Gasteiger charge is 2.38. The van der Waals surface area contributed by atoms with Crippen LogP contribution in [0.5, 0.6) is 5.75 Å². The Balaban J connectivity index is 1.34. The molecule has 0 saturated heterocycles. The number of ether oxygens (including phenoxy) is 1. The van der Waals surface area contributed by atoms with Gasteiger partial charge in [-0.25, -0.2) is 0 Å². The number of hydrogen-bond donors (Lipinski definition) is 0. The highest BCUT2D eigenvalue weighted by Crippen LogP contribution is 2.35. The minimum Gasteiger partial charge on any atom is -0.491 e. The maximum Gasteiger partial charge on any atom is 0.254 e. The Hall–Kier alpha value is -2.64. The van der Waals surface area contributed by atoms with E-state index in [-0.39, 0.29) is 30.4 Å². The molecule has 2 amide bonds. The lowest BCUT2D eigenvalue weighted by molar-refractivity contribution is -0.135. The lowest BCUT2D eigenvalue weighted by Crippen LogP contribution is -2.48. The second-order valence-corrected chi connectivity index (χ2v) is 10.9. The van der Waals surface area contributed by atoms with Gasteiger partial charge in [0, 0.05) is 27.5 Å². The smallest absolute Gasteiger partial charge is 0.254 e. The Morgan fingerprint density at radius 2 is 1.94 bits per heavy atom. The van der Waals surface area contributed by atoms with Gasteiger partial charge in [0.15, 0.2) is 0 Å². The van der Waals surface area contributed by atoms with Gasteiger partial charge in [-0.3, -0.25) is 9.59 Å². The van der Waals surface area contributed by atoms with E-state index < -0.39 is 0 Å². The number of aryl methyl sites for hydroxylation is 1. The summed E-state index contributed by atoms with van der Waals surface area (Å²) in [5.41, 5.74) is 2.94. The van der Waals surface area contributed by atoms with Crippen LogP contribution in [0.2, 0.25) is 0 Å². The molecule has 176 valence electrons. The molecule has 0 spiro atoms. The van der Waals surface area contributed by atoms with Gasteiger partial charge in [-0.1, -0.05) is 39.7 Å². The molecular formula is C27H27BrN2O3S. The summed E-state index contributed by atoms with van der Waals surface area (Å²) in [5, 5.41) is 2.09. The molecule has 0 radical (unpaired) electrons. The maximum atomic E-state index is 13.6. The van der Waals surface area contributed by atoms with Gasteiger partial charge in [-0.2, -0.15) is 0 Å². The molecule has 1 fully saturated rings. The predicted octanol–water partition coefficient (Wildman–Crippen LogP) is 5.63. The van der Waals surface area contributed by atoms with E-state index in [1.807, 2.05) is 60.4 Å². The number of halogens is 1. The molecule has 1 aromatic heterocycles. The predicted molar refractivity (Wildman–Crippen MR) is 137 cm³/mol. The first kappa shape index (κ1) is 23.1. The van der Waals surface area contributed by atoms with Gasteiger partial charge in [0.1, 0.15) is 18.9 Å². The quantitative estimate of drug-likeness (QED) is 0.391. The highest BCUT2D eigenvalue weighted by molar-refractivity contribution is 9.10. The van der Waals surface area contributed by atoms with Gasteiger partial charge < -0.3 is 14.5 Å². The van der Waals surface area contributed by atoms with Crippen molar-refractivity contribution in [2.24, 2.45) is 0 Å². The van der Waals surface area contributed by atoms with E-state index in [0.29, 0.717) is 18.7 Å². The van der Waals surface area contributed by atoms with E-state index in [1.165, 1.54) is 10.4 Å². The Bertz CT molecular complexity index is 1190. The summed E-state index contributed by atoms with van der Waals surface area (Å²) in [7, 11) is 0. The van der Waals surface area contributed by atoms with Gasteiger partial charge in [-0.05, 0) is 73.5 Å². The Morgan fingerprint density at radius 3 is 2.68 bits per heavy atom. The van der Waals surface area contributed by atoms with Gasteiger partial charge in [0.05, 0.1) is 6.04 Å². The molecule has 5 rings (SSSR count). The van der Waals surface area contributed by atoms with Crippen molar-refractivity contribution < 1.29 is 14.3 Å². The van der Waals surface area contributed by atoms with Crippen molar-refractivity contribution in [3.8, 4) is 5.75 Å². The molecule has 0 N–H and O–H groups in total. The first-order valence-electron chi connectivity index (χ1n) is 11.6. The third kappa shape index (κ3) is 5.05. The van der Waals surface area contributed by atoms with Crippen LogP contribution in [0.3, 0.4) is 0 Å². The van der Waals surface area contributed by atoms with Crippen molar-refractivity contribution in [1.82, 2.24) is 9.80 Å². The van der Waals surface area contributed by atoms with Crippen molar-refractivity contribution in [2.75, 3.05) is 19.7 Å². The van der Waals surface area contributed by atoms with Crippen molar-refractivity contribution in [3.63, 3.8) is 0 Å². The third-order valence-electron chi connectivity index (χ3n) is 6.47. The zero-order chi connectivity index (χ0) is 23.7. The summed E-state index contributed by atoms with van der Waals surface area (Å²) >= 11 is 5.18. The topological polar surface area (TPSA) is 49.9 Å². The fourth-order valence-corrected chi connectivity index (χ4v) is 5.79. The Morgan fingerprint density at radius 1 is 1.15 bits per heavy atom. The minimum atomic E-state index is -0.161. The summed E-state index contributed by atoms with van der Waals surface area (Å²) in [6.07, 6.45) is 2.73. The molecule has 1 saturated carbocycles. The number of rotatable bonds is 7. The summed E-state index contributed by atoms with van der Waals surface area (Å²) in [6.45, 7) is 3.17. The largest absolute Gasteiger partial charge is 0.491 e. The number of thiophene rings is 1. The van der Waals surface area contributed by atoms with Crippen molar-refractivity contribution >= 4 is 39.1 Å². The van der Waals surface area contributed by atoms with Crippen LogP contribution in [0.1, 0.15) is 45.2 Å². The Kier molecular flexibility index (Phi) is 6.75. The van der Waals surface area contributed by atoms with Gasteiger partial charge >= 0.3 is 0 Å². The summed E-state index contributed by atoms with van der Waals surface area (Å²) in [6, 6.07) is 17.4. The van der Waals surface area contributed by atoms with Gasteiger partial charge in [-0.15, -0.1) is 11.3 Å². The molecule has 2 aromatic carbocycles. The number of carbonyl (C=O) groups excluding carboxylic acids is 2. The van der Waals surface area contributed by atoms with Crippen LogP contribution in [0.15, 0.2) is 64.5 Å². The molecule has 5 nitrogen and oxygen atoms in total. The zero-order valence-electron chi connectivity index (χ0n) is 19.1. The van der Waals surface area contributed by atoms with Crippen molar-refractivity contribution in [2.45, 2.75) is 38.3 Å². The van der Waals surface area contributed by atoms with E-state index in [2.05, 4.69) is 27.4 Å². The summed E-state index contributed by atoms with van der Waals surface area (Å²) in [5.74, 6) is 0.687. The van der Waals surface area contributed by atoms with E-state index in [0.717, 1.165) is 35.0 Å². The second-order valence-electron chi connectivity index (χ2n) is 8.95.